The molecular weight excluding hydrogens is 248 g/mol. The largest absolute Gasteiger partial charge is 0.353 e. The standard InChI is InChI=1S/C17H26N2O/c1-12(14-7-4-3-5-8-14)13(2)19-17(20)15-9-6-10-16(18)11-15/h3-5,7-8,12-13,15-16H,6,9-11,18H2,1-2H3,(H,19,20). The van der Waals surface area contributed by atoms with Gasteiger partial charge in [-0.2, -0.15) is 0 Å². The normalized spacial score (nSPS) is 25.8. The van der Waals surface area contributed by atoms with Gasteiger partial charge in [-0.3, -0.25) is 4.79 Å². The molecule has 4 atom stereocenters. The molecule has 0 aliphatic heterocycles. The molecule has 3 nitrogen and oxygen atoms in total. The van der Waals surface area contributed by atoms with E-state index >= 15 is 0 Å². The molecule has 110 valence electrons. The topological polar surface area (TPSA) is 55.1 Å². The summed E-state index contributed by atoms with van der Waals surface area (Å²) in [7, 11) is 0. The van der Waals surface area contributed by atoms with Crippen molar-refractivity contribution in [3.8, 4) is 0 Å². The second-order valence-electron chi connectivity index (χ2n) is 6.12. The molecule has 0 aromatic heterocycles. The van der Waals surface area contributed by atoms with Gasteiger partial charge in [-0.25, -0.2) is 0 Å². The van der Waals surface area contributed by atoms with Gasteiger partial charge in [-0.1, -0.05) is 43.7 Å². The van der Waals surface area contributed by atoms with Crippen LogP contribution in [0.2, 0.25) is 0 Å². The van der Waals surface area contributed by atoms with Gasteiger partial charge in [0.2, 0.25) is 5.91 Å². The van der Waals surface area contributed by atoms with Gasteiger partial charge in [0.1, 0.15) is 0 Å². The van der Waals surface area contributed by atoms with Crippen LogP contribution in [0.3, 0.4) is 0 Å². The monoisotopic (exact) mass is 274 g/mol. The van der Waals surface area contributed by atoms with E-state index in [1.54, 1.807) is 0 Å². The zero-order chi connectivity index (χ0) is 14.5. The number of hydrogen-bond donors (Lipinski definition) is 2. The molecule has 1 aliphatic carbocycles. The van der Waals surface area contributed by atoms with Crippen molar-refractivity contribution >= 4 is 5.91 Å². The highest BCUT2D eigenvalue weighted by Crippen LogP contribution is 2.24. The number of rotatable bonds is 4. The summed E-state index contributed by atoms with van der Waals surface area (Å²) in [5.41, 5.74) is 7.23. The highest BCUT2D eigenvalue weighted by molar-refractivity contribution is 5.79. The molecule has 0 spiro atoms. The van der Waals surface area contributed by atoms with Gasteiger partial charge in [-0.15, -0.1) is 0 Å². The van der Waals surface area contributed by atoms with Crippen LogP contribution in [0, 0.1) is 5.92 Å². The summed E-state index contributed by atoms with van der Waals surface area (Å²) in [5.74, 6) is 0.594. The van der Waals surface area contributed by atoms with Gasteiger partial charge >= 0.3 is 0 Å². The summed E-state index contributed by atoms with van der Waals surface area (Å²) in [6.45, 7) is 4.24. The maximum absolute atomic E-state index is 12.3. The van der Waals surface area contributed by atoms with Gasteiger partial charge in [0.15, 0.2) is 0 Å². The first-order valence-electron chi connectivity index (χ1n) is 7.69. The Morgan fingerprint density at radius 3 is 2.60 bits per heavy atom. The van der Waals surface area contributed by atoms with Gasteiger partial charge < -0.3 is 11.1 Å². The lowest BCUT2D eigenvalue weighted by Crippen LogP contribution is -2.43. The van der Waals surface area contributed by atoms with Crippen LogP contribution in [-0.4, -0.2) is 18.0 Å². The summed E-state index contributed by atoms with van der Waals surface area (Å²) < 4.78 is 0. The first kappa shape index (κ1) is 15.0. The minimum Gasteiger partial charge on any atom is -0.353 e. The van der Waals surface area contributed by atoms with Crippen molar-refractivity contribution in [2.24, 2.45) is 11.7 Å². The lowest BCUT2D eigenvalue weighted by Gasteiger charge is -2.28. The molecule has 0 saturated heterocycles. The SMILES string of the molecule is CC(NC(=O)C1CCCC(N)C1)C(C)c1ccccc1. The Morgan fingerprint density at radius 2 is 1.95 bits per heavy atom. The fourth-order valence-corrected chi connectivity index (χ4v) is 2.98. The third-order valence-electron chi connectivity index (χ3n) is 4.53. The van der Waals surface area contributed by atoms with Gasteiger partial charge in [0.25, 0.3) is 0 Å². The van der Waals surface area contributed by atoms with E-state index in [2.05, 4.69) is 31.3 Å². The Labute approximate surface area is 121 Å². The lowest BCUT2D eigenvalue weighted by atomic mass is 9.85. The van der Waals surface area contributed by atoms with Crippen LogP contribution in [0.1, 0.15) is 51.0 Å². The molecule has 4 unspecified atom stereocenters. The molecule has 20 heavy (non-hydrogen) atoms. The van der Waals surface area contributed by atoms with Crippen LogP contribution in [0.25, 0.3) is 0 Å². The Hall–Kier alpha value is -1.35. The van der Waals surface area contributed by atoms with E-state index in [1.165, 1.54) is 5.56 Å². The summed E-state index contributed by atoms with van der Waals surface area (Å²) >= 11 is 0. The molecule has 1 saturated carbocycles. The minimum absolute atomic E-state index is 0.101. The number of hydrogen-bond acceptors (Lipinski definition) is 2. The second-order valence-corrected chi connectivity index (χ2v) is 6.12. The van der Waals surface area contributed by atoms with Crippen molar-refractivity contribution in [2.75, 3.05) is 0 Å². The van der Waals surface area contributed by atoms with E-state index in [1.807, 2.05) is 18.2 Å². The fraction of sp³-hybridized carbons (Fsp3) is 0.588. The van der Waals surface area contributed by atoms with E-state index in [0.717, 1.165) is 25.7 Å². The quantitative estimate of drug-likeness (QED) is 0.887. The molecule has 1 amide bonds. The Kier molecular flexibility index (Phi) is 5.18. The molecule has 3 heteroatoms. The summed E-state index contributed by atoms with van der Waals surface area (Å²) in [5, 5.41) is 3.17. The van der Waals surface area contributed by atoms with Crippen LogP contribution in [-0.2, 0) is 4.79 Å². The number of carbonyl (C=O) groups excluding carboxylic acids is 1. The zero-order valence-electron chi connectivity index (χ0n) is 12.5. The van der Waals surface area contributed by atoms with E-state index < -0.39 is 0 Å². The molecule has 0 radical (unpaired) electrons. The van der Waals surface area contributed by atoms with Gasteiger partial charge in [-0.05, 0) is 31.7 Å². The predicted octanol–water partition coefficient (Wildman–Crippen LogP) is 2.81. The van der Waals surface area contributed by atoms with E-state index in [0.29, 0.717) is 5.92 Å². The first-order chi connectivity index (χ1) is 9.58. The van der Waals surface area contributed by atoms with Crippen molar-refractivity contribution in [3.05, 3.63) is 35.9 Å². The number of nitrogens with one attached hydrogen (secondary N) is 1. The molecule has 1 aliphatic rings. The highest BCUT2D eigenvalue weighted by Gasteiger charge is 2.27. The molecule has 2 rings (SSSR count). The summed E-state index contributed by atoms with van der Waals surface area (Å²) in [4.78, 5) is 12.3. The van der Waals surface area contributed by atoms with Crippen LogP contribution < -0.4 is 11.1 Å². The zero-order valence-corrected chi connectivity index (χ0v) is 12.5. The second kappa shape index (κ2) is 6.89. The van der Waals surface area contributed by atoms with Crippen LogP contribution in [0.4, 0.5) is 0 Å². The van der Waals surface area contributed by atoms with Crippen molar-refractivity contribution < 1.29 is 4.79 Å². The lowest BCUT2D eigenvalue weighted by molar-refractivity contribution is -0.126. The Morgan fingerprint density at radius 1 is 1.25 bits per heavy atom. The highest BCUT2D eigenvalue weighted by atomic mass is 16.1. The average molecular weight is 274 g/mol. The van der Waals surface area contributed by atoms with Crippen LogP contribution >= 0.6 is 0 Å². The van der Waals surface area contributed by atoms with Crippen LogP contribution in [0.15, 0.2) is 30.3 Å². The molecule has 1 fully saturated rings. The number of carbonyl (C=O) groups is 1. The van der Waals surface area contributed by atoms with Crippen molar-refractivity contribution in [2.45, 2.75) is 57.5 Å². The van der Waals surface area contributed by atoms with Crippen LogP contribution in [0.5, 0.6) is 0 Å². The fourth-order valence-electron chi connectivity index (χ4n) is 2.98. The van der Waals surface area contributed by atoms with E-state index in [9.17, 15) is 4.79 Å². The molecular formula is C17H26N2O. The van der Waals surface area contributed by atoms with Crippen molar-refractivity contribution in [1.29, 1.82) is 0 Å². The van der Waals surface area contributed by atoms with E-state index in [-0.39, 0.29) is 23.9 Å². The third kappa shape index (κ3) is 3.83. The third-order valence-corrected chi connectivity index (χ3v) is 4.53. The molecule has 0 bridgehead atoms. The predicted molar refractivity (Wildman–Crippen MR) is 82.4 cm³/mol. The number of benzene rings is 1. The summed E-state index contributed by atoms with van der Waals surface area (Å²) in [6.07, 6.45) is 3.94. The maximum atomic E-state index is 12.3. The first-order valence-corrected chi connectivity index (χ1v) is 7.69. The molecule has 3 N–H and O–H groups in total. The Bertz CT molecular complexity index is 432. The summed E-state index contributed by atoms with van der Waals surface area (Å²) in [6, 6.07) is 10.7. The molecule has 1 aromatic carbocycles. The van der Waals surface area contributed by atoms with Gasteiger partial charge in [0.05, 0.1) is 0 Å². The average Bonchev–Trinajstić information content (AvgIpc) is 2.47. The molecule has 1 aromatic rings. The number of amides is 1. The van der Waals surface area contributed by atoms with Crippen molar-refractivity contribution in [1.82, 2.24) is 5.32 Å². The smallest absolute Gasteiger partial charge is 0.223 e. The van der Waals surface area contributed by atoms with Gasteiger partial charge in [0, 0.05) is 23.9 Å². The van der Waals surface area contributed by atoms with E-state index in [4.69, 9.17) is 5.73 Å². The minimum atomic E-state index is 0.101. The van der Waals surface area contributed by atoms with Crippen molar-refractivity contribution in [3.63, 3.8) is 0 Å². The Balaban J connectivity index is 1.90. The number of nitrogens with two attached hydrogens (primary N) is 1. The maximum Gasteiger partial charge on any atom is 0.223 e. The molecule has 0 heterocycles.